The number of rotatable bonds is 9. The van der Waals surface area contributed by atoms with Crippen molar-refractivity contribution < 1.29 is 59.8 Å². The Labute approximate surface area is 229 Å². The number of hydrogen-bond acceptors (Lipinski definition) is 15. The van der Waals surface area contributed by atoms with E-state index in [1.54, 1.807) is 0 Å². The number of likely N-dealkylation sites (N-methyl/N-ethyl adjacent to an activating group) is 1. The lowest BCUT2D eigenvalue weighted by molar-refractivity contribution is -0.317. The molecule has 1 aliphatic carbocycles. The van der Waals surface area contributed by atoms with Gasteiger partial charge in [0.1, 0.15) is 66.5 Å². The molecule has 0 amide bonds. The standard InChI is InChI=1S/C21H41N7O12/c1-5-21(36,4-30)16(40-17-9(26-2)13(34)10(31)6(3-29)38-17)18(37-5)39-15-8(28-20(24)25)11(32)7(27-19(22)23)12(33)14(15)35/h5-18,26,29-36H,3-4H2,1-2H3,(H4,22,23,27)(H4,24,25,28)/t5-,6-,7+,8-,9-,10-,11+,12-,13+,14-,15+,16+,17-,18-,21-/m0/s1. The minimum absolute atomic E-state index is 0.493. The molecule has 2 heterocycles. The van der Waals surface area contributed by atoms with Crippen molar-refractivity contribution in [3.63, 3.8) is 0 Å². The average molecular weight is 584 g/mol. The lowest BCUT2D eigenvalue weighted by Gasteiger charge is -2.45. The minimum Gasteiger partial charge on any atom is -0.394 e. The van der Waals surface area contributed by atoms with E-state index in [-0.39, 0.29) is 0 Å². The third-order valence-corrected chi connectivity index (χ3v) is 7.49. The third kappa shape index (κ3) is 6.11. The fourth-order valence-corrected chi connectivity index (χ4v) is 5.17. The zero-order valence-corrected chi connectivity index (χ0v) is 21.9. The lowest BCUT2D eigenvalue weighted by atomic mass is 9.81. The first-order valence-electron chi connectivity index (χ1n) is 12.5. The van der Waals surface area contributed by atoms with Gasteiger partial charge in [0.15, 0.2) is 24.5 Å². The molecule has 19 nitrogen and oxygen atoms in total. The van der Waals surface area contributed by atoms with Gasteiger partial charge >= 0.3 is 0 Å². The quantitative estimate of drug-likeness (QED) is 0.0884. The summed E-state index contributed by atoms with van der Waals surface area (Å²) in [6.07, 6.45) is -16.9. The summed E-state index contributed by atoms with van der Waals surface area (Å²) in [5.74, 6) is -1.01. The maximum Gasteiger partial charge on any atom is 0.187 e. The molecule has 0 unspecified atom stereocenters. The Kier molecular flexibility index (Phi) is 10.5. The van der Waals surface area contributed by atoms with Gasteiger partial charge in [-0.1, -0.05) is 0 Å². The Morgan fingerprint density at radius 3 is 1.95 bits per heavy atom. The summed E-state index contributed by atoms with van der Waals surface area (Å²) < 4.78 is 23.2. The van der Waals surface area contributed by atoms with Crippen molar-refractivity contribution >= 4 is 11.9 Å². The van der Waals surface area contributed by atoms with Crippen LogP contribution in [0.3, 0.4) is 0 Å². The van der Waals surface area contributed by atoms with Crippen LogP contribution >= 0.6 is 0 Å². The predicted octanol–water partition coefficient (Wildman–Crippen LogP) is -8.37. The fourth-order valence-electron chi connectivity index (χ4n) is 5.17. The summed E-state index contributed by atoms with van der Waals surface area (Å²) in [5.41, 5.74) is 19.7. The van der Waals surface area contributed by atoms with Crippen LogP contribution in [0.1, 0.15) is 6.92 Å². The number of guanidine groups is 2. The van der Waals surface area contributed by atoms with E-state index in [1.807, 2.05) is 0 Å². The Morgan fingerprint density at radius 2 is 1.43 bits per heavy atom. The Hall–Kier alpha value is -1.98. The summed E-state index contributed by atoms with van der Waals surface area (Å²) in [6.45, 7) is -0.199. The molecule has 2 aliphatic heterocycles. The SMILES string of the molecule is CN[C@@H]1[C@H](O[C@@H]2[C@H](O[C@H]3[C@@H](O)[C@@H](O)[C@H](N=C(N)N)[C@@H](O)[C@@H]3N=C(N)N)O[C@@H](C)[C@@]2(O)CO)O[C@@H](CO)[C@H](O)[C@@H]1O. The molecule has 0 aromatic carbocycles. The second-order valence-electron chi connectivity index (χ2n) is 10.0. The Morgan fingerprint density at radius 1 is 0.825 bits per heavy atom. The van der Waals surface area contributed by atoms with Crippen molar-refractivity contribution in [2.24, 2.45) is 32.9 Å². The van der Waals surface area contributed by atoms with Crippen LogP contribution in [-0.2, 0) is 18.9 Å². The minimum atomic E-state index is -2.15. The van der Waals surface area contributed by atoms with Crippen LogP contribution in [0, 0.1) is 0 Å². The molecule has 0 radical (unpaired) electrons. The average Bonchev–Trinajstić information content (AvgIpc) is 3.13. The maximum atomic E-state index is 11.3. The molecule has 232 valence electrons. The second kappa shape index (κ2) is 12.9. The van der Waals surface area contributed by atoms with Crippen LogP contribution in [0.5, 0.6) is 0 Å². The van der Waals surface area contributed by atoms with Gasteiger partial charge in [-0.25, -0.2) is 9.98 Å². The highest BCUT2D eigenvalue weighted by molar-refractivity contribution is 5.76. The summed E-state index contributed by atoms with van der Waals surface area (Å²) in [7, 11) is 1.44. The zero-order valence-electron chi connectivity index (χ0n) is 21.9. The molecule has 0 bridgehead atoms. The van der Waals surface area contributed by atoms with Crippen LogP contribution in [-0.4, -0.2) is 164 Å². The van der Waals surface area contributed by atoms with Crippen molar-refractivity contribution in [2.45, 2.75) is 98.2 Å². The number of hydrogen-bond donors (Lipinski definition) is 13. The monoisotopic (exact) mass is 583 g/mol. The summed E-state index contributed by atoms with van der Waals surface area (Å²) in [6, 6.07) is -4.00. The third-order valence-electron chi connectivity index (χ3n) is 7.49. The number of aliphatic imine (C=N–C) groups is 2. The molecule has 0 aromatic rings. The maximum absolute atomic E-state index is 11.3. The van der Waals surface area contributed by atoms with Gasteiger partial charge in [0.2, 0.25) is 0 Å². The topological polar surface area (TPSA) is 340 Å². The lowest BCUT2D eigenvalue weighted by Crippen LogP contribution is -2.66. The van der Waals surface area contributed by atoms with Crippen LogP contribution in [0.2, 0.25) is 0 Å². The van der Waals surface area contributed by atoms with Gasteiger partial charge in [-0.15, -0.1) is 0 Å². The van der Waals surface area contributed by atoms with Gasteiger partial charge in [0.05, 0.1) is 25.4 Å². The van der Waals surface area contributed by atoms with Gasteiger partial charge in [0, 0.05) is 0 Å². The fraction of sp³-hybridized carbons (Fsp3) is 0.905. The van der Waals surface area contributed by atoms with E-state index in [4.69, 9.17) is 41.9 Å². The van der Waals surface area contributed by atoms with Gasteiger partial charge in [-0.3, -0.25) is 0 Å². The van der Waals surface area contributed by atoms with E-state index < -0.39 is 116 Å². The second-order valence-corrected chi connectivity index (χ2v) is 10.0. The Bertz CT molecular complexity index is 911. The summed E-state index contributed by atoms with van der Waals surface area (Å²) in [4.78, 5) is 7.66. The van der Waals surface area contributed by atoms with E-state index in [9.17, 15) is 40.9 Å². The summed E-state index contributed by atoms with van der Waals surface area (Å²) in [5, 5.41) is 87.0. The predicted molar refractivity (Wildman–Crippen MR) is 134 cm³/mol. The van der Waals surface area contributed by atoms with Crippen molar-refractivity contribution in [1.82, 2.24) is 5.32 Å². The van der Waals surface area contributed by atoms with Gasteiger partial charge in [0.25, 0.3) is 0 Å². The number of nitrogens with one attached hydrogen (secondary N) is 1. The number of ether oxygens (including phenoxy) is 4. The molecule has 0 spiro atoms. The van der Waals surface area contributed by atoms with Crippen molar-refractivity contribution in [3.05, 3.63) is 0 Å². The van der Waals surface area contributed by atoms with Crippen LogP contribution in [0.25, 0.3) is 0 Å². The van der Waals surface area contributed by atoms with E-state index in [0.717, 1.165) is 0 Å². The van der Waals surface area contributed by atoms with E-state index in [2.05, 4.69) is 15.3 Å². The highest BCUT2D eigenvalue weighted by atomic mass is 16.8. The van der Waals surface area contributed by atoms with Crippen LogP contribution in [0.15, 0.2) is 9.98 Å². The van der Waals surface area contributed by atoms with Gasteiger partial charge in [-0.2, -0.15) is 0 Å². The molecule has 19 heteroatoms. The number of aliphatic hydroxyl groups excluding tert-OH is 7. The van der Waals surface area contributed by atoms with Gasteiger partial charge in [-0.05, 0) is 14.0 Å². The zero-order chi connectivity index (χ0) is 30.1. The van der Waals surface area contributed by atoms with Crippen LogP contribution in [0.4, 0.5) is 0 Å². The molecule has 1 saturated carbocycles. The van der Waals surface area contributed by atoms with Crippen LogP contribution < -0.4 is 28.3 Å². The molecular formula is C21H41N7O12. The molecule has 0 aromatic heterocycles. The van der Waals surface area contributed by atoms with E-state index in [0.29, 0.717) is 0 Å². The molecule has 3 aliphatic rings. The van der Waals surface area contributed by atoms with E-state index in [1.165, 1.54) is 14.0 Å². The molecule has 15 atom stereocenters. The Balaban J connectivity index is 1.96. The summed E-state index contributed by atoms with van der Waals surface area (Å²) >= 11 is 0. The highest BCUT2D eigenvalue weighted by Crippen LogP contribution is 2.39. The first-order valence-corrected chi connectivity index (χ1v) is 12.5. The highest BCUT2D eigenvalue weighted by Gasteiger charge is 2.60. The molecule has 40 heavy (non-hydrogen) atoms. The molecular weight excluding hydrogens is 542 g/mol. The first kappa shape index (κ1) is 32.5. The molecule has 2 saturated heterocycles. The normalized spacial score (nSPS) is 47.5. The first-order chi connectivity index (χ1) is 18.7. The number of aliphatic hydroxyl groups is 8. The van der Waals surface area contributed by atoms with Gasteiger partial charge < -0.3 is 88.1 Å². The molecule has 3 fully saturated rings. The molecule has 17 N–H and O–H groups in total. The largest absolute Gasteiger partial charge is 0.394 e. The van der Waals surface area contributed by atoms with Crippen molar-refractivity contribution in [1.29, 1.82) is 0 Å². The molecule has 3 rings (SSSR count). The number of nitrogens with zero attached hydrogens (tertiary/aromatic N) is 2. The van der Waals surface area contributed by atoms with Crippen molar-refractivity contribution in [3.8, 4) is 0 Å². The van der Waals surface area contributed by atoms with Crippen molar-refractivity contribution in [2.75, 3.05) is 20.3 Å². The smallest absolute Gasteiger partial charge is 0.187 e. The number of nitrogens with two attached hydrogens (primary N) is 4. The van der Waals surface area contributed by atoms with E-state index >= 15 is 0 Å².